The molecule has 0 unspecified atom stereocenters. The molecular weight excluding hydrogens is 180 g/mol. The molecule has 0 aliphatic heterocycles. The quantitative estimate of drug-likeness (QED) is 0.624. The first-order chi connectivity index (χ1) is 7.20. The maximum atomic E-state index is 3.70. The lowest BCUT2D eigenvalue weighted by Gasteiger charge is -2.14. The van der Waals surface area contributed by atoms with Gasteiger partial charge in [0.05, 0.1) is 0 Å². The van der Waals surface area contributed by atoms with Gasteiger partial charge in [0.1, 0.15) is 0 Å². The third-order valence-electron chi connectivity index (χ3n) is 2.64. The molecule has 0 saturated carbocycles. The second kappa shape index (κ2) is 5.55. The SMILES string of the molecule is C=C/C=C\c1cccc(C(C)C)c1CC. The lowest BCUT2D eigenvalue weighted by Crippen LogP contribution is -1.97. The van der Waals surface area contributed by atoms with Crippen LogP contribution in [0, 0.1) is 0 Å². The zero-order chi connectivity index (χ0) is 11.3. The molecule has 0 saturated heterocycles. The molecule has 0 radical (unpaired) electrons. The molecule has 0 amide bonds. The molecule has 0 atom stereocenters. The summed E-state index contributed by atoms with van der Waals surface area (Å²) in [7, 11) is 0. The number of benzene rings is 1. The third-order valence-corrected chi connectivity index (χ3v) is 2.64. The topological polar surface area (TPSA) is 0 Å². The summed E-state index contributed by atoms with van der Waals surface area (Å²) >= 11 is 0. The molecule has 15 heavy (non-hydrogen) atoms. The Kier molecular flexibility index (Phi) is 4.36. The summed E-state index contributed by atoms with van der Waals surface area (Å²) in [5.74, 6) is 0.594. The van der Waals surface area contributed by atoms with Gasteiger partial charge in [-0.25, -0.2) is 0 Å². The van der Waals surface area contributed by atoms with Gasteiger partial charge in [-0.1, -0.05) is 63.8 Å². The van der Waals surface area contributed by atoms with Crippen LogP contribution in [0.15, 0.2) is 36.9 Å². The zero-order valence-electron chi connectivity index (χ0n) is 9.96. The molecule has 1 rings (SSSR count). The van der Waals surface area contributed by atoms with Crippen molar-refractivity contribution in [3.8, 4) is 0 Å². The first-order valence-electron chi connectivity index (χ1n) is 5.61. The van der Waals surface area contributed by atoms with Crippen LogP contribution in [-0.2, 0) is 6.42 Å². The Morgan fingerprint density at radius 3 is 2.60 bits per heavy atom. The molecule has 0 aliphatic rings. The van der Waals surface area contributed by atoms with E-state index in [0.717, 1.165) is 6.42 Å². The molecule has 0 N–H and O–H groups in total. The van der Waals surface area contributed by atoms with Gasteiger partial charge in [-0.05, 0) is 29.0 Å². The fourth-order valence-corrected chi connectivity index (χ4v) is 1.90. The van der Waals surface area contributed by atoms with Crippen LogP contribution in [0.3, 0.4) is 0 Å². The summed E-state index contributed by atoms with van der Waals surface area (Å²) in [6.45, 7) is 10.4. The highest BCUT2D eigenvalue weighted by Gasteiger charge is 2.07. The van der Waals surface area contributed by atoms with Crippen LogP contribution in [0.4, 0.5) is 0 Å². The number of rotatable bonds is 4. The highest BCUT2D eigenvalue weighted by atomic mass is 14.1. The monoisotopic (exact) mass is 200 g/mol. The van der Waals surface area contributed by atoms with Crippen LogP contribution in [0.25, 0.3) is 6.08 Å². The molecule has 0 bridgehead atoms. The zero-order valence-corrected chi connectivity index (χ0v) is 9.96. The second-order valence-electron chi connectivity index (χ2n) is 4.02. The van der Waals surface area contributed by atoms with Gasteiger partial charge in [-0.15, -0.1) is 0 Å². The van der Waals surface area contributed by atoms with E-state index >= 15 is 0 Å². The lowest BCUT2D eigenvalue weighted by molar-refractivity contribution is 0.843. The minimum atomic E-state index is 0.594. The van der Waals surface area contributed by atoms with Gasteiger partial charge < -0.3 is 0 Å². The van der Waals surface area contributed by atoms with E-state index in [1.807, 2.05) is 12.2 Å². The van der Waals surface area contributed by atoms with Crippen LogP contribution in [-0.4, -0.2) is 0 Å². The van der Waals surface area contributed by atoms with Crippen molar-refractivity contribution in [2.24, 2.45) is 0 Å². The van der Waals surface area contributed by atoms with Crippen LogP contribution >= 0.6 is 0 Å². The van der Waals surface area contributed by atoms with Crippen LogP contribution in [0.2, 0.25) is 0 Å². The van der Waals surface area contributed by atoms with E-state index in [1.165, 1.54) is 16.7 Å². The lowest BCUT2D eigenvalue weighted by atomic mass is 9.91. The predicted molar refractivity (Wildman–Crippen MR) is 69.1 cm³/mol. The van der Waals surface area contributed by atoms with Crippen LogP contribution in [0.5, 0.6) is 0 Å². The van der Waals surface area contributed by atoms with Crippen LogP contribution < -0.4 is 0 Å². The van der Waals surface area contributed by atoms with Crippen molar-refractivity contribution in [1.29, 1.82) is 0 Å². The summed E-state index contributed by atoms with van der Waals surface area (Å²) < 4.78 is 0. The highest BCUT2D eigenvalue weighted by molar-refractivity contribution is 5.57. The van der Waals surface area contributed by atoms with Gasteiger partial charge in [-0.3, -0.25) is 0 Å². The summed E-state index contributed by atoms with van der Waals surface area (Å²) in [5.41, 5.74) is 4.25. The molecule has 1 aromatic rings. The molecule has 0 spiro atoms. The molecule has 0 nitrogen and oxygen atoms in total. The average molecular weight is 200 g/mol. The molecule has 80 valence electrons. The maximum Gasteiger partial charge on any atom is -0.0216 e. The van der Waals surface area contributed by atoms with Crippen molar-refractivity contribution in [2.75, 3.05) is 0 Å². The summed E-state index contributed by atoms with van der Waals surface area (Å²) in [5, 5.41) is 0. The standard InChI is InChI=1S/C15H20/c1-5-7-9-13-10-8-11-15(12(3)4)14(13)6-2/h5,7-12H,1,6H2,2-4H3/b9-7-. The smallest absolute Gasteiger partial charge is 0.0216 e. The van der Waals surface area contributed by atoms with Gasteiger partial charge in [0.2, 0.25) is 0 Å². The average Bonchev–Trinajstić information content (AvgIpc) is 2.25. The molecule has 1 aromatic carbocycles. The van der Waals surface area contributed by atoms with Crippen molar-refractivity contribution < 1.29 is 0 Å². The Labute approximate surface area is 93.3 Å². The Bertz CT molecular complexity index is 356. The van der Waals surface area contributed by atoms with Gasteiger partial charge in [0.25, 0.3) is 0 Å². The van der Waals surface area contributed by atoms with E-state index in [1.54, 1.807) is 0 Å². The van der Waals surface area contributed by atoms with E-state index < -0.39 is 0 Å². The molecule has 0 aliphatic carbocycles. The van der Waals surface area contributed by atoms with Gasteiger partial charge in [0.15, 0.2) is 0 Å². The Hall–Kier alpha value is -1.30. The molecular formula is C15H20. The Morgan fingerprint density at radius 1 is 1.33 bits per heavy atom. The van der Waals surface area contributed by atoms with Gasteiger partial charge in [0, 0.05) is 0 Å². The normalized spacial score (nSPS) is 11.2. The second-order valence-corrected chi connectivity index (χ2v) is 4.02. The van der Waals surface area contributed by atoms with Crippen molar-refractivity contribution in [3.05, 3.63) is 53.6 Å². The van der Waals surface area contributed by atoms with Crippen molar-refractivity contribution in [1.82, 2.24) is 0 Å². The number of hydrogen-bond donors (Lipinski definition) is 0. The third kappa shape index (κ3) is 2.82. The van der Waals surface area contributed by atoms with Gasteiger partial charge >= 0.3 is 0 Å². The predicted octanol–water partition coefficient (Wildman–Crippen LogP) is 4.57. The van der Waals surface area contributed by atoms with E-state index in [-0.39, 0.29) is 0 Å². The van der Waals surface area contributed by atoms with E-state index in [4.69, 9.17) is 0 Å². The highest BCUT2D eigenvalue weighted by Crippen LogP contribution is 2.24. The fourth-order valence-electron chi connectivity index (χ4n) is 1.90. The Morgan fingerprint density at radius 2 is 2.07 bits per heavy atom. The summed E-state index contributed by atoms with van der Waals surface area (Å²) in [6.07, 6.45) is 7.04. The first-order valence-corrected chi connectivity index (χ1v) is 5.61. The van der Waals surface area contributed by atoms with Crippen LogP contribution in [0.1, 0.15) is 43.4 Å². The molecule has 0 fully saturated rings. The Balaban J connectivity index is 3.21. The largest absolute Gasteiger partial charge is 0.0991 e. The maximum absolute atomic E-state index is 3.70. The summed E-state index contributed by atoms with van der Waals surface area (Å²) in [6, 6.07) is 6.54. The minimum Gasteiger partial charge on any atom is -0.0991 e. The van der Waals surface area contributed by atoms with Crippen molar-refractivity contribution in [3.63, 3.8) is 0 Å². The van der Waals surface area contributed by atoms with E-state index in [9.17, 15) is 0 Å². The first kappa shape index (κ1) is 11.8. The number of allylic oxidation sites excluding steroid dienone is 2. The van der Waals surface area contributed by atoms with Gasteiger partial charge in [-0.2, -0.15) is 0 Å². The minimum absolute atomic E-state index is 0.594. The van der Waals surface area contributed by atoms with Crippen molar-refractivity contribution in [2.45, 2.75) is 33.1 Å². The number of hydrogen-bond acceptors (Lipinski definition) is 0. The molecule has 0 aromatic heterocycles. The van der Waals surface area contributed by atoms with E-state index in [0.29, 0.717) is 5.92 Å². The summed E-state index contributed by atoms with van der Waals surface area (Å²) in [4.78, 5) is 0. The molecule has 0 heterocycles. The van der Waals surface area contributed by atoms with Crippen molar-refractivity contribution >= 4 is 6.08 Å². The fraction of sp³-hybridized carbons (Fsp3) is 0.333. The van der Waals surface area contributed by atoms with E-state index in [2.05, 4.69) is 51.6 Å². The molecule has 0 heteroatoms.